The van der Waals surface area contributed by atoms with Crippen LogP contribution in [0.25, 0.3) is 11.0 Å². The number of anilines is 1. The van der Waals surface area contributed by atoms with Crippen molar-refractivity contribution < 1.29 is 14.3 Å². The number of piperidine rings is 1. The molecule has 2 aromatic heterocycles. The minimum absolute atomic E-state index is 0.0836. The maximum Gasteiger partial charge on any atom is 0.326 e. The van der Waals surface area contributed by atoms with Gasteiger partial charge in [-0.1, -0.05) is 24.3 Å². The molecule has 5 rings (SSSR count). The SMILES string of the molecule is COCCN(CCC(=O)N1CCC(n2c(=O)[nH]c3ccccc32)CC1)c1nc(Cc2cccc(OC)c2)ns1. The van der Waals surface area contributed by atoms with Crippen LogP contribution in [0.4, 0.5) is 5.13 Å². The summed E-state index contributed by atoms with van der Waals surface area (Å²) in [5, 5.41) is 0.787. The van der Waals surface area contributed by atoms with Gasteiger partial charge in [-0.3, -0.25) is 9.36 Å². The molecule has 1 fully saturated rings. The smallest absolute Gasteiger partial charge is 0.326 e. The Bertz CT molecular complexity index is 1460. The van der Waals surface area contributed by atoms with Gasteiger partial charge in [-0.2, -0.15) is 4.37 Å². The number of benzene rings is 2. The number of ether oxygens (including phenoxy) is 2. The first-order valence-corrected chi connectivity index (χ1v) is 14.0. The fourth-order valence-corrected chi connectivity index (χ4v) is 5.85. The Kier molecular flexibility index (Phi) is 8.58. The predicted molar refractivity (Wildman–Crippen MR) is 152 cm³/mol. The van der Waals surface area contributed by atoms with E-state index in [4.69, 9.17) is 14.5 Å². The monoisotopic (exact) mass is 550 g/mol. The first-order chi connectivity index (χ1) is 19.1. The Morgan fingerprint density at radius 3 is 2.74 bits per heavy atom. The van der Waals surface area contributed by atoms with Gasteiger partial charge in [0.25, 0.3) is 0 Å². The third-order valence-corrected chi connectivity index (χ3v) is 8.01. The van der Waals surface area contributed by atoms with Crippen molar-refractivity contribution in [3.05, 3.63) is 70.4 Å². The molecule has 39 heavy (non-hydrogen) atoms. The van der Waals surface area contributed by atoms with Gasteiger partial charge in [-0.15, -0.1) is 0 Å². The molecule has 10 nitrogen and oxygen atoms in total. The number of carbonyl (C=O) groups is 1. The number of hydrogen-bond acceptors (Lipinski definition) is 8. The van der Waals surface area contributed by atoms with E-state index >= 15 is 0 Å². The van der Waals surface area contributed by atoms with Gasteiger partial charge in [-0.25, -0.2) is 9.78 Å². The molecule has 1 N–H and O–H groups in total. The van der Waals surface area contributed by atoms with Gasteiger partial charge >= 0.3 is 5.69 Å². The minimum Gasteiger partial charge on any atom is -0.497 e. The van der Waals surface area contributed by atoms with Crippen molar-refractivity contribution in [3.8, 4) is 5.75 Å². The lowest BCUT2D eigenvalue weighted by Gasteiger charge is -2.33. The predicted octanol–water partition coefficient (Wildman–Crippen LogP) is 3.49. The molecule has 0 saturated carbocycles. The molecule has 0 aliphatic carbocycles. The van der Waals surface area contributed by atoms with Crippen LogP contribution in [0.5, 0.6) is 5.75 Å². The van der Waals surface area contributed by atoms with Gasteiger partial charge in [0.15, 0.2) is 0 Å². The maximum atomic E-state index is 13.1. The number of amides is 1. The summed E-state index contributed by atoms with van der Waals surface area (Å²) in [6.07, 6.45) is 2.50. The van der Waals surface area contributed by atoms with Crippen molar-refractivity contribution >= 4 is 33.6 Å². The second-order valence-corrected chi connectivity index (χ2v) is 10.4. The van der Waals surface area contributed by atoms with Crippen LogP contribution in [0.1, 0.15) is 36.7 Å². The average Bonchev–Trinajstić information content (AvgIpc) is 3.56. The fourth-order valence-electron chi connectivity index (χ4n) is 5.11. The van der Waals surface area contributed by atoms with Crippen molar-refractivity contribution in [2.75, 3.05) is 51.9 Å². The van der Waals surface area contributed by atoms with Crippen LogP contribution in [-0.4, -0.2) is 76.7 Å². The standard InChI is InChI=1S/C28H34N6O4S/c1-37-17-16-33(28-30-25(31-39-28)19-20-6-5-7-22(18-20)38-2)15-12-26(35)32-13-10-21(11-14-32)34-24-9-4-3-8-23(24)29-27(34)36/h3-9,18,21H,10-17,19H2,1-2H3,(H,29,36). The molecule has 1 saturated heterocycles. The summed E-state index contributed by atoms with van der Waals surface area (Å²) in [4.78, 5) is 37.4. The molecule has 206 valence electrons. The second-order valence-electron chi connectivity index (χ2n) is 9.68. The highest BCUT2D eigenvalue weighted by atomic mass is 32.1. The number of aromatic amines is 1. The van der Waals surface area contributed by atoms with Crippen LogP contribution in [-0.2, 0) is 16.0 Å². The number of imidazole rings is 1. The highest BCUT2D eigenvalue weighted by Crippen LogP contribution is 2.26. The molecule has 1 aliphatic rings. The normalized spacial score (nSPS) is 14.2. The number of likely N-dealkylation sites (tertiary alicyclic amines) is 1. The number of carbonyl (C=O) groups excluding carboxylic acids is 1. The molecular formula is C28H34N6O4S. The third kappa shape index (κ3) is 6.31. The zero-order valence-electron chi connectivity index (χ0n) is 22.3. The molecule has 1 aliphatic heterocycles. The molecule has 1 amide bonds. The molecule has 0 spiro atoms. The number of H-pyrrole nitrogens is 1. The molecule has 0 bridgehead atoms. The Balaban J connectivity index is 1.17. The summed E-state index contributed by atoms with van der Waals surface area (Å²) in [7, 11) is 3.32. The van der Waals surface area contributed by atoms with E-state index in [-0.39, 0.29) is 17.6 Å². The molecule has 11 heteroatoms. The summed E-state index contributed by atoms with van der Waals surface area (Å²) < 4.78 is 17.0. The number of rotatable bonds is 11. The van der Waals surface area contributed by atoms with Gasteiger partial charge in [0, 0.05) is 63.7 Å². The fraction of sp³-hybridized carbons (Fsp3) is 0.429. The number of methoxy groups -OCH3 is 2. The van der Waals surface area contributed by atoms with E-state index in [9.17, 15) is 9.59 Å². The lowest BCUT2D eigenvalue weighted by atomic mass is 10.0. The van der Waals surface area contributed by atoms with Crippen molar-refractivity contribution in [2.24, 2.45) is 0 Å². The van der Waals surface area contributed by atoms with Crippen LogP contribution >= 0.6 is 11.5 Å². The van der Waals surface area contributed by atoms with E-state index in [2.05, 4.69) is 14.3 Å². The van der Waals surface area contributed by atoms with E-state index in [0.29, 0.717) is 45.6 Å². The van der Waals surface area contributed by atoms with Gasteiger partial charge in [0.2, 0.25) is 11.0 Å². The first kappa shape index (κ1) is 26.9. The second kappa shape index (κ2) is 12.4. The van der Waals surface area contributed by atoms with Crippen LogP contribution in [0, 0.1) is 0 Å². The van der Waals surface area contributed by atoms with Crippen LogP contribution in [0.2, 0.25) is 0 Å². The van der Waals surface area contributed by atoms with Crippen LogP contribution < -0.4 is 15.3 Å². The van der Waals surface area contributed by atoms with Gasteiger partial charge < -0.3 is 24.3 Å². The average molecular weight is 551 g/mol. The number of nitrogens with zero attached hydrogens (tertiary/aromatic N) is 5. The van der Waals surface area contributed by atoms with E-state index in [0.717, 1.165) is 46.1 Å². The first-order valence-electron chi connectivity index (χ1n) is 13.2. The van der Waals surface area contributed by atoms with E-state index in [1.165, 1.54) is 11.5 Å². The summed E-state index contributed by atoms with van der Waals surface area (Å²) in [5.41, 5.74) is 2.76. The number of para-hydroxylation sites is 2. The zero-order chi connectivity index (χ0) is 27.2. The lowest BCUT2D eigenvalue weighted by molar-refractivity contribution is -0.132. The minimum atomic E-state index is -0.0856. The van der Waals surface area contributed by atoms with E-state index < -0.39 is 0 Å². The number of aromatic nitrogens is 4. The zero-order valence-corrected chi connectivity index (χ0v) is 23.2. The van der Waals surface area contributed by atoms with Gasteiger partial charge in [0.1, 0.15) is 11.6 Å². The molecule has 2 aromatic carbocycles. The number of hydrogen-bond donors (Lipinski definition) is 1. The van der Waals surface area contributed by atoms with Crippen molar-refractivity contribution in [3.63, 3.8) is 0 Å². The molecule has 0 atom stereocenters. The van der Waals surface area contributed by atoms with E-state index in [1.54, 1.807) is 14.2 Å². The quantitative estimate of drug-likeness (QED) is 0.305. The highest BCUT2D eigenvalue weighted by molar-refractivity contribution is 7.09. The van der Waals surface area contributed by atoms with Crippen molar-refractivity contribution in [1.29, 1.82) is 0 Å². The maximum absolute atomic E-state index is 13.1. The third-order valence-electron chi connectivity index (χ3n) is 7.19. The van der Waals surface area contributed by atoms with E-state index in [1.807, 2.05) is 58.0 Å². The molecular weight excluding hydrogens is 516 g/mol. The van der Waals surface area contributed by atoms with Gasteiger partial charge in [0.05, 0.1) is 24.8 Å². The largest absolute Gasteiger partial charge is 0.497 e. The summed E-state index contributed by atoms with van der Waals surface area (Å²) >= 11 is 1.34. The van der Waals surface area contributed by atoms with Crippen LogP contribution in [0.3, 0.4) is 0 Å². The summed E-state index contributed by atoms with van der Waals surface area (Å²) in [6, 6.07) is 15.7. The molecule has 0 unspecified atom stereocenters. The molecule has 3 heterocycles. The Hall–Kier alpha value is -3.70. The highest BCUT2D eigenvalue weighted by Gasteiger charge is 2.26. The Labute approximate surface area is 231 Å². The lowest BCUT2D eigenvalue weighted by Crippen LogP contribution is -2.42. The summed E-state index contributed by atoms with van der Waals surface area (Å²) in [6.45, 7) is 2.97. The van der Waals surface area contributed by atoms with Gasteiger partial charge in [-0.05, 0) is 42.7 Å². The topological polar surface area (TPSA) is 106 Å². The number of nitrogens with one attached hydrogen (secondary N) is 1. The molecule has 0 radical (unpaired) electrons. The Morgan fingerprint density at radius 1 is 1.13 bits per heavy atom. The van der Waals surface area contributed by atoms with Crippen molar-refractivity contribution in [2.45, 2.75) is 31.7 Å². The van der Waals surface area contributed by atoms with Crippen molar-refractivity contribution in [1.82, 2.24) is 23.8 Å². The van der Waals surface area contributed by atoms with Crippen LogP contribution in [0.15, 0.2) is 53.3 Å². The Morgan fingerprint density at radius 2 is 1.95 bits per heavy atom. The molecule has 4 aromatic rings. The summed E-state index contributed by atoms with van der Waals surface area (Å²) in [5.74, 6) is 1.66. The number of fused-ring (bicyclic) bond motifs is 1.